The van der Waals surface area contributed by atoms with Gasteiger partial charge in [-0.05, 0) is 49.4 Å². The van der Waals surface area contributed by atoms with Crippen molar-refractivity contribution in [1.29, 1.82) is 0 Å². The molecule has 0 radical (unpaired) electrons. The first kappa shape index (κ1) is 30.9. The van der Waals surface area contributed by atoms with Gasteiger partial charge < -0.3 is 9.47 Å². The van der Waals surface area contributed by atoms with E-state index in [0.717, 1.165) is 25.7 Å². The first-order valence-corrected chi connectivity index (χ1v) is 13.4. The SMILES string of the molecule is CC(C)CCCCCOC(=O)C(CC(C)C)C(CC(C)C)C(=O)OCCCCCC(C)C. The highest BCUT2D eigenvalue weighted by Crippen LogP contribution is 2.29. The Morgan fingerprint density at radius 2 is 0.844 bits per heavy atom. The van der Waals surface area contributed by atoms with Gasteiger partial charge in [-0.3, -0.25) is 9.59 Å². The number of hydrogen-bond acceptors (Lipinski definition) is 4. The lowest BCUT2D eigenvalue weighted by Gasteiger charge is -2.27. The van der Waals surface area contributed by atoms with Crippen molar-refractivity contribution in [2.24, 2.45) is 35.5 Å². The summed E-state index contributed by atoms with van der Waals surface area (Å²) in [5, 5.41) is 0. The molecule has 2 unspecified atom stereocenters. The van der Waals surface area contributed by atoms with Crippen molar-refractivity contribution in [3.05, 3.63) is 0 Å². The van der Waals surface area contributed by atoms with E-state index in [1.165, 1.54) is 25.7 Å². The van der Waals surface area contributed by atoms with E-state index in [-0.39, 0.29) is 11.9 Å². The molecule has 0 bridgehead atoms. The van der Waals surface area contributed by atoms with E-state index in [0.29, 0.717) is 49.7 Å². The van der Waals surface area contributed by atoms with Crippen LogP contribution in [0.15, 0.2) is 0 Å². The zero-order chi connectivity index (χ0) is 24.5. The molecule has 0 saturated carbocycles. The molecule has 0 rings (SSSR count). The molecule has 0 aromatic carbocycles. The largest absolute Gasteiger partial charge is 0.465 e. The molecule has 190 valence electrons. The highest BCUT2D eigenvalue weighted by molar-refractivity contribution is 5.82. The molecule has 0 aromatic heterocycles. The summed E-state index contributed by atoms with van der Waals surface area (Å²) in [6.45, 7) is 18.2. The van der Waals surface area contributed by atoms with Gasteiger partial charge in [-0.2, -0.15) is 0 Å². The molecule has 4 heteroatoms. The summed E-state index contributed by atoms with van der Waals surface area (Å²) in [6, 6.07) is 0. The maximum Gasteiger partial charge on any atom is 0.309 e. The molecule has 0 saturated heterocycles. The predicted octanol–water partition coefficient (Wildman–Crippen LogP) is 7.83. The molecule has 0 heterocycles. The van der Waals surface area contributed by atoms with Gasteiger partial charge in [0.15, 0.2) is 0 Å². The number of rotatable bonds is 19. The Bertz CT molecular complexity index is 438. The van der Waals surface area contributed by atoms with E-state index in [1.807, 2.05) is 0 Å². The summed E-state index contributed by atoms with van der Waals surface area (Å²) in [6.07, 6.45) is 10.0. The molecule has 0 aliphatic rings. The average Bonchev–Trinajstić information content (AvgIpc) is 2.68. The van der Waals surface area contributed by atoms with Crippen molar-refractivity contribution in [1.82, 2.24) is 0 Å². The third-order valence-corrected chi connectivity index (χ3v) is 5.88. The molecule has 32 heavy (non-hydrogen) atoms. The standard InChI is InChI=1S/C28H54O4/c1-21(2)15-11-9-13-17-31-27(29)25(19-23(5)6)26(20-24(7)8)28(30)32-18-14-10-12-16-22(3)4/h21-26H,9-20H2,1-8H3. The van der Waals surface area contributed by atoms with Gasteiger partial charge in [-0.1, -0.05) is 93.9 Å². The summed E-state index contributed by atoms with van der Waals surface area (Å²) in [7, 11) is 0. The fourth-order valence-corrected chi connectivity index (χ4v) is 4.09. The molecule has 0 aliphatic heterocycles. The van der Waals surface area contributed by atoms with Crippen molar-refractivity contribution >= 4 is 11.9 Å². The molecule has 0 aromatic rings. The Balaban J connectivity index is 4.81. The number of esters is 2. The van der Waals surface area contributed by atoms with E-state index >= 15 is 0 Å². The third kappa shape index (κ3) is 16.6. The van der Waals surface area contributed by atoms with Crippen LogP contribution in [0.1, 0.15) is 120 Å². The Hall–Kier alpha value is -1.06. The van der Waals surface area contributed by atoms with E-state index in [1.54, 1.807) is 0 Å². The highest BCUT2D eigenvalue weighted by Gasteiger charge is 2.36. The van der Waals surface area contributed by atoms with E-state index in [9.17, 15) is 9.59 Å². The minimum absolute atomic E-state index is 0.220. The van der Waals surface area contributed by atoms with Gasteiger partial charge in [0.05, 0.1) is 25.0 Å². The zero-order valence-electron chi connectivity index (χ0n) is 22.6. The van der Waals surface area contributed by atoms with Crippen molar-refractivity contribution in [2.75, 3.05) is 13.2 Å². The van der Waals surface area contributed by atoms with Crippen LogP contribution in [0.2, 0.25) is 0 Å². The fraction of sp³-hybridized carbons (Fsp3) is 0.929. The van der Waals surface area contributed by atoms with Crippen LogP contribution in [-0.4, -0.2) is 25.2 Å². The zero-order valence-corrected chi connectivity index (χ0v) is 22.6. The number of carbonyl (C=O) groups excluding carboxylic acids is 2. The van der Waals surface area contributed by atoms with Crippen LogP contribution < -0.4 is 0 Å². The monoisotopic (exact) mass is 454 g/mol. The Morgan fingerprint density at radius 1 is 0.500 bits per heavy atom. The maximum absolute atomic E-state index is 13.0. The summed E-state index contributed by atoms with van der Waals surface area (Å²) in [5.74, 6) is 0.790. The second-order valence-electron chi connectivity index (χ2n) is 11.3. The Kier molecular flexibility index (Phi) is 17.8. The molecular formula is C28H54O4. The molecule has 2 atom stereocenters. The maximum atomic E-state index is 13.0. The molecule has 0 spiro atoms. The van der Waals surface area contributed by atoms with Crippen molar-refractivity contribution < 1.29 is 19.1 Å². The summed E-state index contributed by atoms with van der Waals surface area (Å²) < 4.78 is 11.3. The van der Waals surface area contributed by atoms with Gasteiger partial charge in [-0.25, -0.2) is 0 Å². The number of hydrogen-bond donors (Lipinski definition) is 0. The molecule has 0 N–H and O–H groups in total. The molecular weight excluding hydrogens is 400 g/mol. The lowest BCUT2D eigenvalue weighted by molar-refractivity contribution is -0.162. The van der Waals surface area contributed by atoms with E-state index in [2.05, 4.69) is 55.4 Å². The van der Waals surface area contributed by atoms with Gasteiger partial charge in [-0.15, -0.1) is 0 Å². The number of carbonyl (C=O) groups is 2. The second-order valence-corrected chi connectivity index (χ2v) is 11.3. The van der Waals surface area contributed by atoms with Gasteiger partial charge in [0.1, 0.15) is 0 Å². The smallest absolute Gasteiger partial charge is 0.309 e. The number of ether oxygens (including phenoxy) is 2. The molecule has 0 fully saturated rings. The van der Waals surface area contributed by atoms with Gasteiger partial charge in [0.2, 0.25) is 0 Å². The lowest BCUT2D eigenvalue weighted by atomic mass is 9.80. The average molecular weight is 455 g/mol. The van der Waals surface area contributed by atoms with Crippen molar-refractivity contribution in [3.8, 4) is 0 Å². The first-order valence-electron chi connectivity index (χ1n) is 13.4. The first-order chi connectivity index (χ1) is 15.0. The molecule has 4 nitrogen and oxygen atoms in total. The van der Waals surface area contributed by atoms with Crippen LogP contribution in [0.5, 0.6) is 0 Å². The van der Waals surface area contributed by atoms with Crippen LogP contribution in [0, 0.1) is 35.5 Å². The molecule has 0 amide bonds. The third-order valence-electron chi connectivity index (χ3n) is 5.88. The lowest BCUT2D eigenvalue weighted by Crippen LogP contribution is -2.35. The van der Waals surface area contributed by atoms with Crippen LogP contribution >= 0.6 is 0 Å². The van der Waals surface area contributed by atoms with Crippen LogP contribution in [0.25, 0.3) is 0 Å². The van der Waals surface area contributed by atoms with E-state index < -0.39 is 11.8 Å². The van der Waals surface area contributed by atoms with Gasteiger partial charge in [0.25, 0.3) is 0 Å². The normalized spacial score (nSPS) is 13.8. The number of unbranched alkanes of at least 4 members (excludes halogenated alkanes) is 4. The minimum Gasteiger partial charge on any atom is -0.465 e. The predicted molar refractivity (Wildman–Crippen MR) is 134 cm³/mol. The van der Waals surface area contributed by atoms with Gasteiger partial charge in [0, 0.05) is 0 Å². The summed E-state index contributed by atoms with van der Waals surface area (Å²) in [4.78, 5) is 26.0. The topological polar surface area (TPSA) is 52.6 Å². The van der Waals surface area contributed by atoms with Crippen molar-refractivity contribution in [2.45, 2.75) is 120 Å². The van der Waals surface area contributed by atoms with Gasteiger partial charge >= 0.3 is 11.9 Å². The Labute approximate surface area is 199 Å². The quantitative estimate of drug-likeness (QED) is 0.147. The Morgan fingerprint density at radius 3 is 1.12 bits per heavy atom. The summed E-state index contributed by atoms with van der Waals surface area (Å²) in [5.41, 5.74) is 0. The minimum atomic E-state index is -0.415. The van der Waals surface area contributed by atoms with Crippen LogP contribution in [0.4, 0.5) is 0 Å². The second kappa shape index (κ2) is 18.4. The van der Waals surface area contributed by atoms with Crippen LogP contribution in [0.3, 0.4) is 0 Å². The highest BCUT2D eigenvalue weighted by atomic mass is 16.5. The van der Waals surface area contributed by atoms with Crippen LogP contribution in [-0.2, 0) is 19.1 Å². The van der Waals surface area contributed by atoms with E-state index in [4.69, 9.17) is 9.47 Å². The molecule has 0 aliphatic carbocycles. The fourth-order valence-electron chi connectivity index (χ4n) is 4.09. The van der Waals surface area contributed by atoms with Crippen molar-refractivity contribution in [3.63, 3.8) is 0 Å². The summed E-state index contributed by atoms with van der Waals surface area (Å²) >= 11 is 0.